The molecule has 0 aliphatic carbocycles. The van der Waals surface area contributed by atoms with Crippen LogP contribution in [-0.4, -0.2) is 84.5 Å². The summed E-state index contributed by atoms with van der Waals surface area (Å²) in [7, 11) is 3.28. The van der Waals surface area contributed by atoms with Crippen LogP contribution in [0.4, 0.5) is 17.5 Å². The number of hydrogen-bond acceptors (Lipinski definition) is 10. The fourth-order valence-electron chi connectivity index (χ4n) is 5.12. The molecule has 39 heavy (non-hydrogen) atoms. The molecule has 4 rings (SSSR count). The van der Waals surface area contributed by atoms with E-state index in [4.69, 9.17) is 19.4 Å². The summed E-state index contributed by atoms with van der Waals surface area (Å²) >= 11 is 0. The molecule has 0 bridgehead atoms. The highest BCUT2D eigenvalue weighted by Crippen LogP contribution is 2.35. The molecule has 1 saturated heterocycles. The monoisotopic (exact) mass is 537 g/mol. The fourth-order valence-corrected chi connectivity index (χ4v) is 5.12. The van der Waals surface area contributed by atoms with E-state index in [1.807, 2.05) is 36.4 Å². The number of nitrogens with zero attached hydrogens (tertiary/aromatic N) is 4. The van der Waals surface area contributed by atoms with Crippen molar-refractivity contribution >= 4 is 28.4 Å². The summed E-state index contributed by atoms with van der Waals surface area (Å²) in [6.07, 6.45) is 2.99. The molecule has 10 heteroatoms. The van der Waals surface area contributed by atoms with Crippen molar-refractivity contribution < 1.29 is 14.7 Å². The van der Waals surface area contributed by atoms with Crippen molar-refractivity contribution in [3.05, 3.63) is 42.0 Å². The quantitative estimate of drug-likeness (QED) is 0.171. The van der Waals surface area contributed by atoms with Gasteiger partial charge in [-0.3, -0.25) is 15.6 Å². The molecule has 1 aliphatic heterocycles. The Morgan fingerprint density at radius 2 is 1.74 bits per heavy atom. The first-order valence-corrected chi connectivity index (χ1v) is 13.9. The van der Waals surface area contributed by atoms with E-state index in [1.54, 1.807) is 14.2 Å². The van der Waals surface area contributed by atoms with E-state index in [0.29, 0.717) is 17.4 Å². The average Bonchev–Trinajstić information content (AvgIpc) is 2.97. The van der Waals surface area contributed by atoms with Gasteiger partial charge in [-0.1, -0.05) is 32.0 Å². The number of nitrogens with one attached hydrogen (secondary N) is 3. The summed E-state index contributed by atoms with van der Waals surface area (Å²) in [6.45, 7) is 11.0. The van der Waals surface area contributed by atoms with E-state index in [0.717, 1.165) is 93.0 Å². The first-order chi connectivity index (χ1) is 19.1. The van der Waals surface area contributed by atoms with Crippen LogP contribution in [0.2, 0.25) is 0 Å². The topological polar surface area (TPSA) is 107 Å². The Morgan fingerprint density at radius 1 is 1.03 bits per heavy atom. The first-order valence-electron chi connectivity index (χ1n) is 13.9. The zero-order chi connectivity index (χ0) is 27.6. The van der Waals surface area contributed by atoms with Crippen molar-refractivity contribution in [3.8, 4) is 11.5 Å². The number of methoxy groups -OCH3 is 2. The van der Waals surface area contributed by atoms with Crippen molar-refractivity contribution in [2.24, 2.45) is 0 Å². The van der Waals surface area contributed by atoms with Gasteiger partial charge in [0.2, 0.25) is 5.95 Å². The predicted octanol–water partition coefficient (Wildman–Crippen LogP) is 4.67. The number of para-hydroxylation sites is 1. The molecule has 4 N–H and O–H groups in total. The molecule has 0 unspecified atom stereocenters. The number of aromatic nitrogens is 2. The third kappa shape index (κ3) is 7.40. The molecular weight excluding hydrogens is 494 g/mol. The lowest BCUT2D eigenvalue weighted by atomic mass is 10.0. The molecule has 0 amide bonds. The molecule has 0 radical (unpaired) electrons. The maximum Gasteiger partial charge on any atom is 0.225 e. The van der Waals surface area contributed by atoms with Crippen molar-refractivity contribution in [2.45, 2.75) is 45.7 Å². The van der Waals surface area contributed by atoms with E-state index in [9.17, 15) is 5.21 Å². The lowest BCUT2D eigenvalue weighted by Crippen LogP contribution is -2.39. The number of hydrogen-bond donors (Lipinski definition) is 4. The molecule has 212 valence electrons. The molecule has 1 fully saturated rings. The van der Waals surface area contributed by atoms with Gasteiger partial charge < -0.3 is 25.0 Å². The third-order valence-corrected chi connectivity index (χ3v) is 7.49. The maximum absolute atomic E-state index is 9.43. The number of anilines is 3. The highest BCUT2D eigenvalue weighted by atomic mass is 16.5. The minimum absolute atomic E-state index is 0.286. The van der Waals surface area contributed by atoms with Crippen molar-refractivity contribution in [2.75, 3.05) is 69.6 Å². The second kappa shape index (κ2) is 14.2. The standard InChI is InChI=1S/C29H43N7O3/c1-5-35(6-2)15-9-14-30-29-32-25-19-27(39-4)26(38-3)18-23(25)28(33-29)31-22-12-16-36(17-13-22)20-21-10-7-8-11-24(21)34-37/h7-8,10-11,18-19,22,34,37H,5-6,9,12-17,20H2,1-4H3,(H2,30,31,32,33). The average molecular weight is 538 g/mol. The Labute approximate surface area is 231 Å². The Balaban J connectivity index is 1.47. The normalized spacial score (nSPS) is 14.5. The maximum atomic E-state index is 9.43. The molecular formula is C29H43N7O3. The van der Waals surface area contributed by atoms with Gasteiger partial charge >= 0.3 is 0 Å². The van der Waals surface area contributed by atoms with E-state index in [2.05, 4.69) is 39.8 Å². The van der Waals surface area contributed by atoms with Crippen LogP contribution < -0.4 is 25.6 Å². The van der Waals surface area contributed by atoms with Gasteiger partial charge in [0.15, 0.2) is 11.5 Å². The number of fused-ring (bicyclic) bond motifs is 1. The molecule has 0 atom stereocenters. The van der Waals surface area contributed by atoms with Crippen molar-refractivity contribution in [1.82, 2.24) is 19.8 Å². The van der Waals surface area contributed by atoms with E-state index >= 15 is 0 Å². The summed E-state index contributed by atoms with van der Waals surface area (Å²) in [5, 5.41) is 17.5. The van der Waals surface area contributed by atoms with Gasteiger partial charge in [0, 0.05) is 43.7 Å². The van der Waals surface area contributed by atoms with Crippen LogP contribution in [0, 0.1) is 0 Å². The minimum Gasteiger partial charge on any atom is -0.493 e. The Hall–Kier alpha value is -3.34. The summed E-state index contributed by atoms with van der Waals surface area (Å²) in [5.74, 6) is 2.72. The number of benzene rings is 2. The van der Waals surface area contributed by atoms with E-state index in [-0.39, 0.29) is 6.04 Å². The van der Waals surface area contributed by atoms with Gasteiger partial charge in [0.25, 0.3) is 0 Å². The number of likely N-dealkylation sites (tertiary alicyclic amines) is 1. The van der Waals surface area contributed by atoms with Gasteiger partial charge in [-0.05, 0) is 56.6 Å². The highest BCUT2D eigenvalue weighted by molar-refractivity contribution is 5.92. The molecule has 2 heterocycles. The lowest BCUT2D eigenvalue weighted by molar-refractivity contribution is 0.211. The van der Waals surface area contributed by atoms with Gasteiger partial charge in [0.1, 0.15) is 5.82 Å². The SMILES string of the molecule is CCN(CC)CCCNc1nc(NC2CCN(Cc3ccccc3NO)CC2)c2cc(OC)c(OC)cc2n1. The van der Waals surface area contributed by atoms with Gasteiger partial charge in [-0.25, -0.2) is 4.98 Å². The second-order valence-electron chi connectivity index (χ2n) is 9.89. The molecule has 0 spiro atoms. The van der Waals surface area contributed by atoms with Crippen LogP contribution in [0.1, 0.15) is 38.7 Å². The summed E-state index contributed by atoms with van der Waals surface area (Å²) in [5.41, 5.74) is 4.97. The zero-order valence-corrected chi connectivity index (χ0v) is 23.7. The Bertz CT molecular complexity index is 1200. The van der Waals surface area contributed by atoms with E-state index < -0.39 is 0 Å². The zero-order valence-electron chi connectivity index (χ0n) is 23.7. The van der Waals surface area contributed by atoms with Crippen LogP contribution in [0.15, 0.2) is 36.4 Å². The van der Waals surface area contributed by atoms with Crippen LogP contribution in [0.3, 0.4) is 0 Å². The third-order valence-electron chi connectivity index (χ3n) is 7.49. The lowest BCUT2D eigenvalue weighted by Gasteiger charge is -2.33. The molecule has 1 aromatic heterocycles. The molecule has 0 saturated carbocycles. The summed E-state index contributed by atoms with van der Waals surface area (Å²) < 4.78 is 11.1. The van der Waals surface area contributed by atoms with Gasteiger partial charge in [-0.2, -0.15) is 4.98 Å². The Morgan fingerprint density at radius 3 is 2.44 bits per heavy atom. The van der Waals surface area contributed by atoms with Crippen LogP contribution in [0.5, 0.6) is 11.5 Å². The van der Waals surface area contributed by atoms with Crippen LogP contribution in [-0.2, 0) is 6.54 Å². The second-order valence-corrected chi connectivity index (χ2v) is 9.89. The van der Waals surface area contributed by atoms with Crippen LogP contribution in [0.25, 0.3) is 10.9 Å². The minimum atomic E-state index is 0.286. The molecule has 10 nitrogen and oxygen atoms in total. The molecule has 2 aromatic carbocycles. The molecule has 3 aromatic rings. The summed E-state index contributed by atoms with van der Waals surface area (Å²) in [4.78, 5) is 14.5. The van der Waals surface area contributed by atoms with Crippen LogP contribution >= 0.6 is 0 Å². The van der Waals surface area contributed by atoms with Gasteiger partial charge in [-0.15, -0.1) is 0 Å². The Kier molecular flexibility index (Phi) is 10.4. The number of piperidine rings is 1. The van der Waals surface area contributed by atoms with E-state index in [1.165, 1.54) is 0 Å². The van der Waals surface area contributed by atoms with Crippen molar-refractivity contribution in [1.29, 1.82) is 0 Å². The largest absolute Gasteiger partial charge is 0.493 e. The first kappa shape index (κ1) is 28.7. The number of rotatable bonds is 14. The van der Waals surface area contributed by atoms with Crippen molar-refractivity contribution in [3.63, 3.8) is 0 Å². The van der Waals surface area contributed by atoms with Gasteiger partial charge in [0.05, 0.1) is 25.4 Å². The number of ether oxygens (including phenoxy) is 2. The highest BCUT2D eigenvalue weighted by Gasteiger charge is 2.22. The smallest absolute Gasteiger partial charge is 0.225 e. The molecule has 1 aliphatic rings. The fraction of sp³-hybridized carbons (Fsp3) is 0.517. The predicted molar refractivity (Wildman–Crippen MR) is 157 cm³/mol. The summed E-state index contributed by atoms with van der Waals surface area (Å²) in [6, 6.07) is 12.0.